The lowest BCUT2D eigenvalue weighted by Crippen LogP contribution is -2.38. The average Bonchev–Trinajstić information content (AvgIpc) is 3.16. The molecule has 0 aliphatic carbocycles. The van der Waals surface area contributed by atoms with Crippen molar-refractivity contribution in [3.8, 4) is 11.1 Å². The van der Waals surface area contributed by atoms with Crippen LogP contribution in [0.15, 0.2) is 42.6 Å². The first-order chi connectivity index (χ1) is 12.7. The minimum Gasteiger partial charge on any atom is -0.387 e. The van der Waals surface area contributed by atoms with E-state index in [4.69, 9.17) is 4.74 Å². The second-order valence-electron chi connectivity index (χ2n) is 6.60. The maximum Gasteiger partial charge on any atom is 0.140 e. The molecule has 1 aliphatic rings. The van der Waals surface area contributed by atoms with Crippen LogP contribution in [-0.4, -0.2) is 59.9 Å². The molecule has 2 aromatic heterocycles. The molecule has 3 N–H and O–H groups in total. The highest BCUT2D eigenvalue weighted by Crippen LogP contribution is 2.30. The first-order valence-electron chi connectivity index (χ1n) is 8.99. The van der Waals surface area contributed by atoms with Crippen LogP contribution in [0.2, 0.25) is 0 Å². The summed E-state index contributed by atoms with van der Waals surface area (Å²) < 4.78 is 5.36. The number of β-amino-alcohol motifs (C(OH)–C–C–N with tert-alkyl or cyclic N) is 1. The second-order valence-corrected chi connectivity index (χ2v) is 6.60. The van der Waals surface area contributed by atoms with Gasteiger partial charge in [0, 0.05) is 38.3 Å². The van der Waals surface area contributed by atoms with Crippen LogP contribution >= 0.6 is 0 Å². The lowest BCUT2D eigenvalue weighted by Gasteiger charge is -2.28. The van der Waals surface area contributed by atoms with E-state index in [1.807, 2.05) is 31.4 Å². The van der Waals surface area contributed by atoms with E-state index in [2.05, 4.69) is 38.4 Å². The van der Waals surface area contributed by atoms with E-state index in [-0.39, 0.29) is 0 Å². The smallest absolute Gasteiger partial charge is 0.140 e. The monoisotopic (exact) mass is 352 g/mol. The first kappa shape index (κ1) is 17.0. The number of H-pyrrole nitrogens is 1. The van der Waals surface area contributed by atoms with Crippen LogP contribution in [0, 0.1) is 0 Å². The van der Waals surface area contributed by atoms with Gasteiger partial charge >= 0.3 is 0 Å². The molecule has 1 saturated heterocycles. The van der Waals surface area contributed by atoms with Gasteiger partial charge in [-0.1, -0.05) is 24.3 Å². The summed E-state index contributed by atoms with van der Waals surface area (Å²) in [5.41, 5.74) is 4.03. The zero-order valence-electron chi connectivity index (χ0n) is 14.9. The number of ether oxygens (including phenoxy) is 1. The Kier molecular flexibility index (Phi) is 4.88. The quantitative estimate of drug-likeness (QED) is 0.658. The predicted octanol–water partition coefficient (Wildman–Crippen LogP) is 2.64. The van der Waals surface area contributed by atoms with Gasteiger partial charge in [0.1, 0.15) is 11.5 Å². The average molecular weight is 352 g/mol. The Hall–Kier alpha value is -2.41. The number of nitrogens with zero attached hydrogens (tertiary/aromatic N) is 2. The Balaban J connectivity index is 1.57. The van der Waals surface area contributed by atoms with Gasteiger partial charge in [0.25, 0.3) is 0 Å². The molecular formula is C20H24N4O2. The van der Waals surface area contributed by atoms with Crippen LogP contribution in [0.25, 0.3) is 22.2 Å². The van der Waals surface area contributed by atoms with Crippen LogP contribution in [0.5, 0.6) is 0 Å². The molecule has 136 valence electrons. The zero-order valence-corrected chi connectivity index (χ0v) is 14.9. The maximum atomic E-state index is 10.5. The standard InChI is InChI=1S/C20H24N4O2/c1-21-19-12-17(16-6-7-22-20(16)23-19)14-2-4-15(5-3-14)18(25)13-24-8-10-26-11-9-24/h2-7,12,18,25H,8-11,13H2,1H3,(H2,21,22,23). The number of morpholine rings is 1. The van der Waals surface area contributed by atoms with Gasteiger partial charge in [-0.15, -0.1) is 0 Å². The Labute approximate surface area is 152 Å². The van der Waals surface area contributed by atoms with Crippen LogP contribution in [0.4, 0.5) is 5.82 Å². The number of aromatic nitrogens is 2. The molecular weight excluding hydrogens is 328 g/mol. The number of nitrogens with one attached hydrogen (secondary N) is 2. The number of rotatable bonds is 5. The van der Waals surface area contributed by atoms with Crippen molar-refractivity contribution in [2.24, 2.45) is 0 Å². The minimum atomic E-state index is -0.486. The molecule has 0 amide bonds. The summed E-state index contributed by atoms with van der Waals surface area (Å²) in [6, 6.07) is 12.3. The van der Waals surface area contributed by atoms with Crippen molar-refractivity contribution in [2.45, 2.75) is 6.10 Å². The van der Waals surface area contributed by atoms with Gasteiger partial charge < -0.3 is 20.1 Å². The zero-order chi connectivity index (χ0) is 17.9. The Morgan fingerprint density at radius 2 is 2.00 bits per heavy atom. The van der Waals surface area contributed by atoms with Gasteiger partial charge in [0.15, 0.2) is 0 Å². The predicted molar refractivity (Wildman–Crippen MR) is 103 cm³/mol. The number of aliphatic hydroxyl groups is 1. The molecule has 0 bridgehead atoms. The molecule has 0 spiro atoms. The SMILES string of the molecule is CNc1cc(-c2ccc(C(O)CN3CCOCC3)cc2)c2cc[nH]c2n1. The fourth-order valence-corrected chi connectivity index (χ4v) is 3.42. The van der Waals surface area contributed by atoms with Crippen molar-refractivity contribution in [3.05, 3.63) is 48.2 Å². The number of aromatic amines is 1. The number of hydrogen-bond donors (Lipinski definition) is 3. The number of anilines is 1. The largest absolute Gasteiger partial charge is 0.387 e. The maximum absolute atomic E-state index is 10.5. The number of benzene rings is 1. The molecule has 4 rings (SSSR count). The Morgan fingerprint density at radius 1 is 1.23 bits per heavy atom. The molecule has 3 heterocycles. The molecule has 1 aromatic carbocycles. The molecule has 1 fully saturated rings. The highest BCUT2D eigenvalue weighted by Gasteiger charge is 2.16. The minimum absolute atomic E-state index is 0.486. The Bertz CT molecular complexity index is 869. The number of aliphatic hydroxyl groups excluding tert-OH is 1. The van der Waals surface area contributed by atoms with Crippen molar-refractivity contribution in [1.82, 2.24) is 14.9 Å². The van der Waals surface area contributed by atoms with Gasteiger partial charge in [-0.2, -0.15) is 0 Å². The summed E-state index contributed by atoms with van der Waals surface area (Å²) in [5.74, 6) is 0.825. The molecule has 0 radical (unpaired) electrons. The fraction of sp³-hybridized carbons (Fsp3) is 0.350. The van der Waals surface area contributed by atoms with Crippen LogP contribution in [-0.2, 0) is 4.74 Å². The summed E-state index contributed by atoms with van der Waals surface area (Å²) in [5, 5.41) is 14.7. The van der Waals surface area contributed by atoms with E-state index in [1.54, 1.807) is 0 Å². The molecule has 1 aliphatic heterocycles. The van der Waals surface area contributed by atoms with Gasteiger partial charge in [-0.05, 0) is 28.8 Å². The van der Waals surface area contributed by atoms with Crippen LogP contribution in [0.1, 0.15) is 11.7 Å². The Morgan fingerprint density at radius 3 is 2.73 bits per heavy atom. The lowest BCUT2D eigenvalue weighted by molar-refractivity contribution is 0.0143. The van der Waals surface area contributed by atoms with Crippen molar-refractivity contribution < 1.29 is 9.84 Å². The number of pyridine rings is 1. The van der Waals surface area contributed by atoms with E-state index >= 15 is 0 Å². The van der Waals surface area contributed by atoms with Crippen molar-refractivity contribution in [3.63, 3.8) is 0 Å². The molecule has 6 heteroatoms. The third-order valence-corrected chi connectivity index (χ3v) is 4.93. The molecule has 26 heavy (non-hydrogen) atoms. The number of fused-ring (bicyclic) bond motifs is 1. The normalized spacial score (nSPS) is 16.7. The number of hydrogen-bond acceptors (Lipinski definition) is 5. The van der Waals surface area contributed by atoms with E-state index in [9.17, 15) is 5.11 Å². The van der Waals surface area contributed by atoms with Crippen molar-refractivity contribution >= 4 is 16.9 Å². The van der Waals surface area contributed by atoms with E-state index in [0.29, 0.717) is 6.54 Å². The summed E-state index contributed by atoms with van der Waals surface area (Å²) >= 11 is 0. The molecule has 1 unspecified atom stereocenters. The van der Waals surface area contributed by atoms with Crippen LogP contribution in [0.3, 0.4) is 0 Å². The van der Waals surface area contributed by atoms with E-state index < -0.39 is 6.10 Å². The third kappa shape index (κ3) is 3.44. The second kappa shape index (κ2) is 7.45. The molecule has 0 saturated carbocycles. The highest BCUT2D eigenvalue weighted by atomic mass is 16.5. The first-order valence-corrected chi connectivity index (χ1v) is 8.99. The molecule has 1 atom stereocenters. The summed E-state index contributed by atoms with van der Waals surface area (Å²) in [6.07, 6.45) is 1.42. The van der Waals surface area contributed by atoms with Crippen molar-refractivity contribution in [1.29, 1.82) is 0 Å². The third-order valence-electron chi connectivity index (χ3n) is 4.93. The van der Waals surface area contributed by atoms with Crippen LogP contribution < -0.4 is 5.32 Å². The highest BCUT2D eigenvalue weighted by molar-refractivity contribution is 5.94. The topological polar surface area (TPSA) is 73.4 Å². The molecule has 3 aromatic rings. The summed E-state index contributed by atoms with van der Waals surface area (Å²) in [7, 11) is 1.87. The van der Waals surface area contributed by atoms with Gasteiger partial charge in [0.05, 0.1) is 19.3 Å². The van der Waals surface area contributed by atoms with E-state index in [1.165, 1.54) is 0 Å². The van der Waals surface area contributed by atoms with E-state index in [0.717, 1.165) is 59.8 Å². The summed E-state index contributed by atoms with van der Waals surface area (Å²) in [6.45, 7) is 3.89. The lowest BCUT2D eigenvalue weighted by atomic mass is 10.00. The summed E-state index contributed by atoms with van der Waals surface area (Å²) in [4.78, 5) is 9.94. The molecule has 6 nitrogen and oxygen atoms in total. The van der Waals surface area contributed by atoms with Gasteiger partial charge in [-0.3, -0.25) is 4.90 Å². The van der Waals surface area contributed by atoms with Gasteiger partial charge in [-0.25, -0.2) is 4.98 Å². The van der Waals surface area contributed by atoms with Crippen molar-refractivity contribution in [2.75, 3.05) is 45.2 Å². The fourth-order valence-electron chi connectivity index (χ4n) is 3.42. The van der Waals surface area contributed by atoms with Gasteiger partial charge in [0.2, 0.25) is 0 Å².